The lowest BCUT2D eigenvalue weighted by Gasteiger charge is -2.13. The van der Waals surface area contributed by atoms with E-state index in [-0.39, 0.29) is 0 Å². The van der Waals surface area contributed by atoms with Gasteiger partial charge in [-0.05, 0) is 79.5 Å². The van der Waals surface area contributed by atoms with Crippen LogP contribution in [-0.4, -0.2) is 15.0 Å². The number of fused-ring (bicyclic) bond motifs is 1. The fourth-order valence-electron chi connectivity index (χ4n) is 6.85. The molecule has 3 nitrogen and oxygen atoms in total. The number of aromatic nitrogens is 3. The maximum absolute atomic E-state index is 5.14. The average molecular weight is 664 g/mol. The minimum Gasteiger partial charge on any atom is -0.208 e. The fraction of sp³-hybridized carbons (Fsp3) is 0. The third-order valence-corrected chi connectivity index (χ3v) is 9.51. The van der Waals surface area contributed by atoms with Gasteiger partial charge in [0, 0.05) is 16.7 Å². The SMILES string of the molecule is c1ccc(-c2ccc(-c3nc(-c4cccc(-c5ccccc5)c4)nc(-c4cccc(-c5cc(-c6ccccc6)cc6ccccc56)c4)n3)cc2)cc1. The minimum atomic E-state index is 0.627. The minimum absolute atomic E-state index is 0.627. The zero-order chi connectivity index (χ0) is 34.7. The zero-order valence-electron chi connectivity index (χ0n) is 28.4. The Bertz CT molecular complexity index is 2650. The van der Waals surface area contributed by atoms with Gasteiger partial charge in [-0.1, -0.05) is 176 Å². The first-order valence-electron chi connectivity index (χ1n) is 17.5. The smallest absolute Gasteiger partial charge is 0.164 e. The Morgan fingerprint density at radius 1 is 0.231 bits per heavy atom. The number of hydrogen-bond donors (Lipinski definition) is 0. The molecule has 0 saturated heterocycles. The second-order valence-corrected chi connectivity index (χ2v) is 12.9. The van der Waals surface area contributed by atoms with Gasteiger partial charge < -0.3 is 0 Å². The van der Waals surface area contributed by atoms with E-state index in [0.29, 0.717) is 17.5 Å². The molecule has 0 fully saturated rings. The van der Waals surface area contributed by atoms with Gasteiger partial charge in [0.2, 0.25) is 0 Å². The Morgan fingerprint density at radius 3 is 1.25 bits per heavy atom. The summed E-state index contributed by atoms with van der Waals surface area (Å²) in [5, 5.41) is 2.40. The number of benzene rings is 8. The van der Waals surface area contributed by atoms with Crippen LogP contribution in [0.3, 0.4) is 0 Å². The standard InChI is InChI=1S/C49H33N3/c1-4-14-34(15-5-1)37-26-28-38(29-27-37)47-50-48(42-23-12-21-39(30-42)35-16-6-2-7-17-35)52-49(51-47)43-24-13-22-41(31-43)46-33-44(36-18-8-3-9-19-36)32-40-20-10-11-25-45(40)46/h1-33H. The topological polar surface area (TPSA) is 38.7 Å². The first kappa shape index (κ1) is 31.0. The molecule has 9 rings (SSSR count). The lowest BCUT2D eigenvalue weighted by Crippen LogP contribution is -2.00. The second kappa shape index (κ2) is 13.7. The molecule has 0 unspecified atom stereocenters. The van der Waals surface area contributed by atoms with Crippen LogP contribution >= 0.6 is 0 Å². The van der Waals surface area contributed by atoms with E-state index in [2.05, 4.69) is 188 Å². The molecule has 0 N–H and O–H groups in total. The van der Waals surface area contributed by atoms with Crippen LogP contribution in [0, 0.1) is 0 Å². The Kier molecular flexibility index (Phi) is 8.20. The molecule has 0 aliphatic rings. The lowest BCUT2D eigenvalue weighted by atomic mass is 9.92. The highest BCUT2D eigenvalue weighted by Gasteiger charge is 2.15. The van der Waals surface area contributed by atoms with Crippen LogP contribution in [0.1, 0.15) is 0 Å². The molecule has 0 bridgehead atoms. The van der Waals surface area contributed by atoms with Crippen LogP contribution in [0.2, 0.25) is 0 Å². The van der Waals surface area contributed by atoms with E-state index >= 15 is 0 Å². The number of nitrogens with zero attached hydrogens (tertiary/aromatic N) is 3. The predicted molar refractivity (Wildman–Crippen MR) is 215 cm³/mol. The molecule has 1 heterocycles. The summed E-state index contributed by atoms with van der Waals surface area (Å²) in [5.41, 5.74) is 12.0. The third-order valence-electron chi connectivity index (χ3n) is 9.51. The number of rotatable bonds is 7. The molecule has 9 aromatic rings. The van der Waals surface area contributed by atoms with Crippen LogP contribution in [-0.2, 0) is 0 Å². The van der Waals surface area contributed by atoms with E-state index in [0.717, 1.165) is 38.9 Å². The molecule has 1 aromatic heterocycles. The van der Waals surface area contributed by atoms with Gasteiger partial charge in [0.1, 0.15) is 0 Å². The highest BCUT2D eigenvalue weighted by Crippen LogP contribution is 2.36. The van der Waals surface area contributed by atoms with Crippen molar-refractivity contribution in [2.75, 3.05) is 0 Å². The van der Waals surface area contributed by atoms with Gasteiger partial charge in [-0.25, -0.2) is 15.0 Å². The van der Waals surface area contributed by atoms with Crippen molar-refractivity contribution in [1.29, 1.82) is 0 Å². The molecule has 0 amide bonds. The van der Waals surface area contributed by atoms with E-state index < -0.39 is 0 Å². The Balaban J connectivity index is 1.18. The summed E-state index contributed by atoms with van der Waals surface area (Å²) < 4.78 is 0. The van der Waals surface area contributed by atoms with E-state index in [1.54, 1.807) is 0 Å². The maximum atomic E-state index is 5.14. The van der Waals surface area contributed by atoms with Gasteiger partial charge in [0.25, 0.3) is 0 Å². The molecular weight excluding hydrogens is 631 g/mol. The van der Waals surface area contributed by atoms with Crippen molar-refractivity contribution in [2.45, 2.75) is 0 Å². The molecule has 8 aromatic carbocycles. The monoisotopic (exact) mass is 663 g/mol. The van der Waals surface area contributed by atoms with Crippen molar-refractivity contribution < 1.29 is 0 Å². The van der Waals surface area contributed by atoms with Crippen LogP contribution < -0.4 is 0 Å². The molecule has 0 atom stereocenters. The van der Waals surface area contributed by atoms with Crippen molar-refractivity contribution in [3.05, 3.63) is 200 Å². The molecular formula is C49H33N3. The highest BCUT2D eigenvalue weighted by molar-refractivity contribution is 6.00. The van der Waals surface area contributed by atoms with E-state index in [4.69, 9.17) is 15.0 Å². The van der Waals surface area contributed by atoms with E-state index in [1.807, 2.05) is 12.1 Å². The van der Waals surface area contributed by atoms with Crippen molar-refractivity contribution in [3.8, 4) is 78.7 Å². The van der Waals surface area contributed by atoms with Gasteiger partial charge in [0.15, 0.2) is 17.5 Å². The second-order valence-electron chi connectivity index (χ2n) is 12.9. The van der Waals surface area contributed by atoms with Gasteiger partial charge in [0.05, 0.1) is 0 Å². The van der Waals surface area contributed by atoms with Crippen LogP contribution in [0.4, 0.5) is 0 Å². The van der Waals surface area contributed by atoms with E-state index in [1.165, 1.54) is 33.0 Å². The quantitative estimate of drug-likeness (QED) is 0.170. The fourth-order valence-corrected chi connectivity index (χ4v) is 6.85. The van der Waals surface area contributed by atoms with Crippen molar-refractivity contribution >= 4 is 10.8 Å². The van der Waals surface area contributed by atoms with Gasteiger partial charge in [-0.2, -0.15) is 0 Å². The molecule has 3 heteroatoms. The van der Waals surface area contributed by atoms with Crippen molar-refractivity contribution in [2.24, 2.45) is 0 Å². The largest absolute Gasteiger partial charge is 0.208 e. The summed E-state index contributed by atoms with van der Waals surface area (Å²) >= 11 is 0. The lowest BCUT2D eigenvalue weighted by molar-refractivity contribution is 1.07. The first-order valence-corrected chi connectivity index (χ1v) is 17.5. The molecule has 244 valence electrons. The molecule has 0 radical (unpaired) electrons. The van der Waals surface area contributed by atoms with Crippen LogP contribution in [0.5, 0.6) is 0 Å². The number of hydrogen-bond acceptors (Lipinski definition) is 3. The van der Waals surface area contributed by atoms with E-state index in [9.17, 15) is 0 Å². The summed E-state index contributed by atoms with van der Waals surface area (Å²) in [7, 11) is 0. The molecule has 0 saturated carbocycles. The summed E-state index contributed by atoms with van der Waals surface area (Å²) in [6.07, 6.45) is 0. The summed E-state index contributed by atoms with van der Waals surface area (Å²) in [6, 6.07) is 70.0. The third kappa shape index (κ3) is 6.28. The van der Waals surface area contributed by atoms with Gasteiger partial charge in [-0.15, -0.1) is 0 Å². The highest BCUT2D eigenvalue weighted by atomic mass is 15.0. The van der Waals surface area contributed by atoms with Gasteiger partial charge >= 0.3 is 0 Å². The molecule has 52 heavy (non-hydrogen) atoms. The Morgan fingerprint density at radius 2 is 0.635 bits per heavy atom. The van der Waals surface area contributed by atoms with Gasteiger partial charge in [-0.3, -0.25) is 0 Å². The van der Waals surface area contributed by atoms with Crippen LogP contribution in [0.15, 0.2) is 200 Å². The van der Waals surface area contributed by atoms with Crippen molar-refractivity contribution in [3.63, 3.8) is 0 Å². The summed E-state index contributed by atoms with van der Waals surface area (Å²) in [4.78, 5) is 15.3. The Labute approximate surface area is 303 Å². The van der Waals surface area contributed by atoms with Crippen LogP contribution in [0.25, 0.3) is 89.4 Å². The molecule has 0 aliphatic carbocycles. The molecule has 0 spiro atoms. The first-order chi connectivity index (χ1) is 25.7. The van der Waals surface area contributed by atoms with Crippen molar-refractivity contribution in [1.82, 2.24) is 15.0 Å². The normalized spacial score (nSPS) is 11.1. The molecule has 0 aliphatic heterocycles. The zero-order valence-corrected chi connectivity index (χ0v) is 28.4. The summed E-state index contributed by atoms with van der Waals surface area (Å²) in [5.74, 6) is 1.89. The Hall–Kier alpha value is -6.97. The predicted octanol–water partition coefficient (Wildman–Crippen LogP) is 12.7. The summed E-state index contributed by atoms with van der Waals surface area (Å²) in [6.45, 7) is 0. The average Bonchev–Trinajstić information content (AvgIpc) is 3.24. The maximum Gasteiger partial charge on any atom is 0.164 e.